The zero-order chi connectivity index (χ0) is 14.1. The van der Waals surface area contributed by atoms with Gasteiger partial charge in [-0.15, -0.1) is 0 Å². The third-order valence-electron chi connectivity index (χ3n) is 3.02. The number of nitrogens with one attached hydrogen (secondary N) is 1. The van der Waals surface area contributed by atoms with Crippen LogP contribution in [0.15, 0.2) is 18.2 Å². The van der Waals surface area contributed by atoms with Crippen molar-refractivity contribution in [1.29, 1.82) is 0 Å². The summed E-state index contributed by atoms with van der Waals surface area (Å²) >= 11 is 0. The summed E-state index contributed by atoms with van der Waals surface area (Å²) in [6, 6.07) is 6.63. The van der Waals surface area contributed by atoms with Crippen molar-refractivity contribution < 1.29 is 9.47 Å². The summed E-state index contributed by atoms with van der Waals surface area (Å²) in [5.74, 6) is 1.68. The minimum Gasteiger partial charge on any atom is -0.490 e. The molecule has 1 rings (SSSR count). The van der Waals surface area contributed by atoms with Gasteiger partial charge in [0.1, 0.15) is 0 Å². The predicted octanol–water partition coefficient (Wildman–Crippen LogP) is 3.93. The molecule has 19 heavy (non-hydrogen) atoms. The van der Waals surface area contributed by atoms with Crippen LogP contribution < -0.4 is 14.8 Å². The van der Waals surface area contributed by atoms with Gasteiger partial charge in [-0.3, -0.25) is 0 Å². The highest BCUT2D eigenvalue weighted by molar-refractivity contribution is 5.44. The van der Waals surface area contributed by atoms with E-state index < -0.39 is 0 Å². The maximum absolute atomic E-state index is 5.68. The number of benzene rings is 1. The van der Waals surface area contributed by atoms with Gasteiger partial charge in [-0.1, -0.05) is 19.9 Å². The average Bonchev–Trinajstić information content (AvgIpc) is 2.43. The van der Waals surface area contributed by atoms with Crippen molar-refractivity contribution in [2.24, 2.45) is 0 Å². The molecule has 0 saturated heterocycles. The molecular formula is C16H27NO2. The Morgan fingerprint density at radius 3 is 2.26 bits per heavy atom. The minimum atomic E-state index is 0.384. The molecule has 3 nitrogen and oxygen atoms in total. The van der Waals surface area contributed by atoms with Crippen molar-refractivity contribution in [2.75, 3.05) is 19.8 Å². The number of hydrogen-bond acceptors (Lipinski definition) is 3. The Bertz CT molecular complexity index is 366. The van der Waals surface area contributed by atoms with Crippen LogP contribution in [0.3, 0.4) is 0 Å². The van der Waals surface area contributed by atoms with Crippen LogP contribution in [0.2, 0.25) is 0 Å². The van der Waals surface area contributed by atoms with Crippen LogP contribution >= 0.6 is 0 Å². The molecule has 1 N–H and O–H groups in total. The predicted molar refractivity (Wildman–Crippen MR) is 80.1 cm³/mol. The Morgan fingerprint density at radius 1 is 1.00 bits per heavy atom. The molecule has 0 amide bonds. The highest BCUT2D eigenvalue weighted by Crippen LogP contribution is 2.31. The van der Waals surface area contributed by atoms with E-state index in [4.69, 9.17) is 9.47 Å². The van der Waals surface area contributed by atoms with E-state index in [1.54, 1.807) is 0 Å². The van der Waals surface area contributed by atoms with Crippen LogP contribution in [0.4, 0.5) is 0 Å². The Hall–Kier alpha value is -1.22. The lowest BCUT2D eigenvalue weighted by molar-refractivity contribution is 0.287. The van der Waals surface area contributed by atoms with E-state index in [-0.39, 0.29) is 0 Å². The van der Waals surface area contributed by atoms with Crippen LogP contribution in [0.5, 0.6) is 11.5 Å². The summed E-state index contributed by atoms with van der Waals surface area (Å²) in [5, 5.41) is 3.56. The largest absolute Gasteiger partial charge is 0.490 e. The van der Waals surface area contributed by atoms with Gasteiger partial charge in [0.25, 0.3) is 0 Å². The highest BCUT2D eigenvalue weighted by Gasteiger charge is 2.12. The molecule has 1 atom stereocenters. The van der Waals surface area contributed by atoms with Crippen LogP contribution in [0.1, 0.15) is 52.1 Å². The monoisotopic (exact) mass is 265 g/mol. The molecule has 108 valence electrons. The summed E-state index contributed by atoms with van der Waals surface area (Å²) < 4.78 is 11.3. The highest BCUT2D eigenvalue weighted by atomic mass is 16.5. The molecule has 1 aromatic carbocycles. The van der Waals surface area contributed by atoms with E-state index in [0.717, 1.165) is 30.9 Å². The summed E-state index contributed by atoms with van der Waals surface area (Å²) in [5.41, 5.74) is 1.27. The Kier molecular flexibility index (Phi) is 7.34. The molecule has 0 aromatic heterocycles. The topological polar surface area (TPSA) is 30.5 Å². The SMILES string of the molecule is CCCNC(CC)c1ccc(OCC)c(OCC)c1. The standard InChI is InChI=1S/C16H27NO2/c1-5-11-17-14(6-2)13-9-10-15(18-7-3)16(12-13)19-8-4/h9-10,12,14,17H,5-8,11H2,1-4H3. The van der Waals surface area contributed by atoms with Crippen molar-refractivity contribution in [3.8, 4) is 11.5 Å². The molecule has 0 aliphatic carbocycles. The lowest BCUT2D eigenvalue weighted by atomic mass is 10.0. The second-order valence-corrected chi connectivity index (χ2v) is 4.49. The van der Waals surface area contributed by atoms with E-state index >= 15 is 0 Å². The van der Waals surface area contributed by atoms with Gasteiger partial charge in [0, 0.05) is 6.04 Å². The quantitative estimate of drug-likeness (QED) is 0.733. The second kappa shape index (κ2) is 8.81. The zero-order valence-electron chi connectivity index (χ0n) is 12.7. The first-order valence-electron chi connectivity index (χ1n) is 7.39. The number of hydrogen-bond donors (Lipinski definition) is 1. The van der Waals surface area contributed by atoms with E-state index in [0.29, 0.717) is 19.3 Å². The Balaban J connectivity index is 2.91. The van der Waals surface area contributed by atoms with Crippen molar-refractivity contribution >= 4 is 0 Å². The number of ether oxygens (including phenoxy) is 2. The fourth-order valence-electron chi connectivity index (χ4n) is 2.10. The van der Waals surface area contributed by atoms with Crippen molar-refractivity contribution in [3.63, 3.8) is 0 Å². The third kappa shape index (κ3) is 4.75. The van der Waals surface area contributed by atoms with Gasteiger partial charge in [-0.25, -0.2) is 0 Å². The number of rotatable bonds is 9. The fraction of sp³-hybridized carbons (Fsp3) is 0.625. The molecule has 0 radical (unpaired) electrons. The lowest BCUT2D eigenvalue weighted by Gasteiger charge is -2.19. The summed E-state index contributed by atoms with van der Waals surface area (Å²) in [4.78, 5) is 0. The summed E-state index contributed by atoms with van der Waals surface area (Å²) in [6.07, 6.45) is 2.21. The van der Waals surface area contributed by atoms with Crippen LogP contribution in [-0.2, 0) is 0 Å². The maximum atomic E-state index is 5.68. The van der Waals surface area contributed by atoms with Crippen molar-refractivity contribution in [3.05, 3.63) is 23.8 Å². The van der Waals surface area contributed by atoms with E-state index in [1.165, 1.54) is 5.56 Å². The lowest BCUT2D eigenvalue weighted by Crippen LogP contribution is -2.21. The molecule has 0 spiro atoms. The summed E-state index contributed by atoms with van der Waals surface area (Å²) in [7, 11) is 0. The minimum absolute atomic E-state index is 0.384. The van der Waals surface area contributed by atoms with Gasteiger partial charge in [0.15, 0.2) is 11.5 Å². The van der Waals surface area contributed by atoms with Gasteiger partial charge < -0.3 is 14.8 Å². The molecule has 0 saturated carbocycles. The third-order valence-corrected chi connectivity index (χ3v) is 3.02. The molecule has 0 fully saturated rings. The average molecular weight is 265 g/mol. The van der Waals surface area contributed by atoms with Gasteiger partial charge >= 0.3 is 0 Å². The van der Waals surface area contributed by atoms with Crippen molar-refractivity contribution in [2.45, 2.75) is 46.6 Å². The van der Waals surface area contributed by atoms with E-state index in [9.17, 15) is 0 Å². The first-order valence-corrected chi connectivity index (χ1v) is 7.39. The normalized spacial score (nSPS) is 12.2. The van der Waals surface area contributed by atoms with E-state index in [2.05, 4.69) is 31.3 Å². The molecule has 1 unspecified atom stereocenters. The van der Waals surface area contributed by atoms with Gasteiger partial charge in [-0.05, 0) is 50.9 Å². The molecule has 0 bridgehead atoms. The Labute approximate surface area is 117 Å². The first-order chi connectivity index (χ1) is 9.26. The second-order valence-electron chi connectivity index (χ2n) is 4.49. The fourth-order valence-corrected chi connectivity index (χ4v) is 2.10. The molecule has 0 aliphatic rings. The Morgan fingerprint density at radius 2 is 1.68 bits per heavy atom. The first kappa shape index (κ1) is 15.8. The smallest absolute Gasteiger partial charge is 0.161 e. The molecule has 1 aromatic rings. The molecular weight excluding hydrogens is 238 g/mol. The van der Waals surface area contributed by atoms with Crippen molar-refractivity contribution in [1.82, 2.24) is 5.32 Å². The maximum Gasteiger partial charge on any atom is 0.161 e. The van der Waals surface area contributed by atoms with Crippen LogP contribution in [0.25, 0.3) is 0 Å². The summed E-state index contributed by atoms with van der Waals surface area (Å²) in [6.45, 7) is 10.7. The van der Waals surface area contributed by atoms with Gasteiger partial charge in [0.05, 0.1) is 13.2 Å². The van der Waals surface area contributed by atoms with Crippen LogP contribution in [-0.4, -0.2) is 19.8 Å². The van der Waals surface area contributed by atoms with Gasteiger partial charge in [-0.2, -0.15) is 0 Å². The van der Waals surface area contributed by atoms with E-state index in [1.807, 2.05) is 19.9 Å². The van der Waals surface area contributed by atoms with Gasteiger partial charge in [0.2, 0.25) is 0 Å². The van der Waals surface area contributed by atoms with Crippen LogP contribution in [0, 0.1) is 0 Å². The molecule has 3 heteroatoms. The zero-order valence-corrected chi connectivity index (χ0v) is 12.7. The molecule has 0 heterocycles. The molecule has 0 aliphatic heterocycles.